The molecule has 0 spiro atoms. The van der Waals surface area contributed by atoms with Gasteiger partial charge in [-0.05, 0) is 60.1 Å². The third-order valence-corrected chi connectivity index (χ3v) is 4.52. The van der Waals surface area contributed by atoms with Crippen molar-refractivity contribution in [3.63, 3.8) is 0 Å². The van der Waals surface area contributed by atoms with E-state index in [-0.39, 0.29) is 16.6 Å². The largest absolute Gasteiger partial charge is 0.451 e. The van der Waals surface area contributed by atoms with E-state index in [2.05, 4.69) is 30.0 Å². The molecular weight excluding hydrogens is 404 g/mol. The van der Waals surface area contributed by atoms with Crippen LogP contribution in [0.3, 0.4) is 0 Å². The smallest absolute Gasteiger partial charge is 0.305 e. The van der Waals surface area contributed by atoms with Gasteiger partial charge in [0.1, 0.15) is 5.76 Å². The van der Waals surface area contributed by atoms with Crippen molar-refractivity contribution in [1.29, 1.82) is 0 Å². The Morgan fingerprint density at radius 2 is 1.67 bits per heavy atom. The maximum atomic E-state index is 12.3. The highest BCUT2D eigenvalue weighted by atomic mass is 32.1. The molecule has 0 unspecified atom stereocenters. The van der Waals surface area contributed by atoms with Gasteiger partial charge in [0.25, 0.3) is 5.69 Å². The summed E-state index contributed by atoms with van der Waals surface area (Å²) in [7, 11) is 0. The first kappa shape index (κ1) is 21.0. The summed E-state index contributed by atoms with van der Waals surface area (Å²) in [6.07, 6.45) is 0. The monoisotopic (exact) mass is 424 g/mol. The fourth-order valence-electron chi connectivity index (χ4n) is 2.65. The molecule has 0 radical (unpaired) electrons. The summed E-state index contributed by atoms with van der Waals surface area (Å²) < 4.78 is 5.53. The van der Waals surface area contributed by atoms with Crippen LogP contribution in [0.15, 0.2) is 65.1 Å². The second kappa shape index (κ2) is 9.19. The quantitative estimate of drug-likeness (QED) is 0.312. The van der Waals surface area contributed by atoms with Gasteiger partial charge >= 0.3 is 5.91 Å². The minimum Gasteiger partial charge on any atom is -0.451 e. The molecule has 1 aromatic heterocycles. The molecule has 0 fully saturated rings. The fraction of sp³-hybridized carbons (Fsp3) is 0.143. The van der Waals surface area contributed by atoms with Gasteiger partial charge < -0.3 is 9.73 Å². The van der Waals surface area contributed by atoms with E-state index in [0.717, 1.165) is 5.69 Å². The maximum absolute atomic E-state index is 12.3. The van der Waals surface area contributed by atoms with Crippen LogP contribution in [0.4, 0.5) is 11.4 Å². The summed E-state index contributed by atoms with van der Waals surface area (Å²) in [5, 5.41) is 13.9. The number of furan rings is 1. The Morgan fingerprint density at radius 1 is 1.00 bits per heavy atom. The zero-order valence-corrected chi connectivity index (χ0v) is 17.2. The SMILES string of the molecule is CC(C)c1ccc(NC(=S)NNC(=O)c2ccc(-c3ccc([N+](=O)[O-])cc3)o2)cc1. The first-order valence-electron chi connectivity index (χ1n) is 9.15. The number of thiocarbonyl (C=S) groups is 1. The highest BCUT2D eigenvalue weighted by Gasteiger charge is 2.13. The van der Waals surface area contributed by atoms with Crippen molar-refractivity contribution in [2.24, 2.45) is 0 Å². The number of nitrogens with zero attached hydrogens (tertiary/aromatic N) is 1. The molecule has 0 saturated carbocycles. The van der Waals surface area contributed by atoms with Gasteiger partial charge in [-0.1, -0.05) is 26.0 Å². The van der Waals surface area contributed by atoms with E-state index >= 15 is 0 Å². The number of amides is 1. The molecule has 154 valence electrons. The number of non-ortho nitro benzene ring substituents is 1. The minimum atomic E-state index is -0.512. The molecule has 2 aromatic carbocycles. The van der Waals surface area contributed by atoms with Crippen molar-refractivity contribution in [1.82, 2.24) is 10.9 Å². The lowest BCUT2D eigenvalue weighted by molar-refractivity contribution is -0.384. The van der Waals surface area contributed by atoms with E-state index in [1.54, 1.807) is 18.2 Å². The van der Waals surface area contributed by atoms with Gasteiger partial charge in [-0.25, -0.2) is 0 Å². The van der Waals surface area contributed by atoms with Gasteiger partial charge in [0.15, 0.2) is 10.9 Å². The summed E-state index contributed by atoms with van der Waals surface area (Å²) in [5.41, 5.74) is 7.70. The number of nitro groups is 1. The summed E-state index contributed by atoms with van der Waals surface area (Å²) in [6, 6.07) is 16.8. The number of nitro benzene ring substituents is 1. The molecule has 1 amide bonds. The Labute approximate surface area is 178 Å². The standard InChI is InChI=1S/C21H20N4O4S/c1-13(2)14-3-7-16(8-4-14)22-21(30)24-23-20(26)19-12-11-18(29-19)15-5-9-17(10-6-15)25(27)28/h3-13H,1-2H3,(H,23,26)(H2,22,24,30). The lowest BCUT2D eigenvalue weighted by Crippen LogP contribution is -2.43. The second-order valence-corrected chi connectivity index (χ2v) is 7.19. The van der Waals surface area contributed by atoms with Gasteiger partial charge in [0.05, 0.1) is 4.92 Å². The van der Waals surface area contributed by atoms with Crippen LogP contribution < -0.4 is 16.2 Å². The molecule has 0 saturated heterocycles. The highest BCUT2D eigenvalue weighted by molar-refractivity contribution is 7.80. The molecular formula is C21H20N4O4S. The van der Waals surface area contributed by atoms with Crippen LogP contribution in [-0.4, -0.2) is 15.9 Å². The predicted octanol–water partition coefficient (Wildman–Crippen LogP) is 4.61. The molecule has 30 heavy (non-hydrogen) atoms. The van der Waals surface area contributed by atoms with Crippen molar-refractivity contribution in [2.45, 2.75) is 19.8 Å². The molecule has 1 heterocycles. The molecule has 8 nitrogen and oxygen atoms in total. The van der Waals surface area contributed by atoms with Crippen molar-refractivity contribution < 1.29 is 14.1 Å². The molecule has 9 heteroatoms. The number of carbonyl (C=O) groups is 1. The zero-order valence-electron chi connectivity index (χ0n) is 16.3. The Bertz CT molecular complexity index is 1060. The normalized spacial score (nSPS) is 10.5. The van der Waals surface area contributed by atoms with E-state index in [0.29, 0.717) is 17.2 Å². The van der Waals surface area contributed by atoms with Crippen molar-refractivity contribution in [3.05, 3.63) is 82.1 Å². The summed E-state index contributed by atoms with van der Waals surface area (Å²) in [6.45, 7) is 4.23. The zero-order chi connectivity index (χ0) is 21.7. The molecule has 3 rings (SSSR count). The van der Waals surface area contributed by atoms with E-state index < -0.39 is 10.8 Å². The van der Waals surface area contributed by atoms with Gasteiger partial charge in [0, 0.05) is 23.4 Å². The van der Waals surface area contributed by atoms with Crippen LogP contribution in [0.5, 0.6) is 0 Å². The molecule has 3 N–H and O–H groups in total. The van der Waals surface area contributed by atoms with E-state index in [1.165, 1.54) is 23.8 Å². The fourth-order valence-corrected chi connectivity index (χ4v) is 2.82. The molecule has 0 aliphatic heterocycles. The van der Waals surface area contributed by atoms with Crippen LogP contribution in [-0.2, 0) is 0 Å². The molecule has 0 atom stereocenters. The number of rotatable bonds is 5. The molecule has 0 aliphatic rings. The Morgan fingerprint density at radius 3 is 2.27 bits per heavy atom. The molecule has 0 aliphatic carbocycles. The Hall–Kier alpha value is -3.72. The Kier molecular flexibility index (Phi) is 6.43. The van der Waals surface area contributed by atoms with Crippen LogP contribution in [0.1, 0.15) is 35.9 Å². The maximum Gasteiger partial charge on any atom is 0.305 e. The summed E-state index contributed by atoms with van der Waals surface area (Å²) in [4.78, 5) is 22.5. The number of benzene rings is 2. The minimum absolute atomic E-state index is 0.0210. The third kappa shape index (κ3) is 5.21. The Balaban J connectivity index is 1.55. The molecule has 3 aromatic rings. The van der Waals surface area contributed by atoms with Crippen LogP contribution in [0, 0.1) is 10.1 Å². The van der Waals surface area contributed by atoms with Crippen LogP contribution in [0.2, 0.25) is 0 Å². The summed E-state index contributed by atoms with van der Waals surface area (Å²) >= 11 is 5.18. The highest BCUT2D eigenvalue weighted by Crippen LogP contribution is 2.24. The van der Waals surface area contributed by atoms with E-state index in [4.69, 9.17) is 16.6 Å². The first-order valence-corrected chi connectivity index (χ1v) is 9.56. The topological polar surface area (TPSA) is 109 Å². The number of nitrogens with one attached hydrogen (secondary N) is 3. The van der Waals surface area contributed by atoms with Gasteiger partial charge in [-0.2, -0.15) is 0 Å². The van der Waals surface area contributed by atoms with Crippen molar-refractivity contribution >= 4 is 34.6 Å². The third-order valence-electron chi connectivity index (χ3n) is 4.32. The van der Waals surface area contributed by atoms with Crippen LogP contribution >= 0.6 is 12.2 Å². The number of carbonyl (C=O) groups excluding carboxylic acids is 1. The molecule has 0 bridgehead atoms. The number of hydrogen-bond donors (Lipinski definition) is 3. The predicted molar refractivity (Wildman–Crippen MR) is 118 cm³/mol. The average molecular weight is 424 g/mol. The first-order chi connectivity index (χ1) is 14.3. The lowest BCUT2D eigenvalue weighted by Gasteiger charge is -2.12. The van der Waals surface area contributed by atoms with Crippen LogP contribution in [0.25, 0.3) is 11.3 Å². The number of hydrazine groups is 1. The summed E-state index contributed by atoms with van der Waals surface area (Å²) in [5.74, 6) is 0.413. The van der Waals surface area contributed by atoms with E-state index in [1.807, 2.05) is 24.3 Å². The second-order valence-electron chi connectivity index (χ2n) is 6.78. The van der Waals surface area contributed by atoms with Gasteiger partial charge in [-0.15, -0.1) is 0 Å². The lowest BCUT2D eigenvalue weighted by atomic mass is 10.0. The van der Waals surface area contributed by atoms with Crippen molar-refractivity contribution in [2.75, 3.05) is 5.32 Å². The van der Waals surface area contributed by atoms with Gasteiger partial charge in [0.2, 0.25) is 0 Å². The van der Waals surface area contributed by atoms with Crippen molar-refractivity contribution in [3.8, 4) is 11.3 Å². The number of anilines is 1. The number of hydrogen-bond acceptors (Lipinski definition) is 5. The average Bonchev–Trinajstić information content (AvgIpc) is 3.23. The van der Waals surface area contributed by atoms with Gasteiger partial charge in [-0.3, -0.25) is 25.8 Å². The van der Waals surface area contributed by atoms with E-state index in [9.17, 15) is 14.9 Å².